The standard InChI is InChI=1S/C22H18P.BrH/c1-2-23(21-14-8-4-9-15-21,22-16-10-5-11-17-22)19-18-20-12-6-3-7-13-20;/h2-17H,1H2;1H/q+1;/p-1. The average Bonchev–Trinajstić information content (AvgIpc) is 2.65. The van der Waals surface area contributed by atoms with Crippen molar-refractivity contribution in [3.8, 4) is 11.6 Å². The molecule has 0 N–H and O–H groups in total. The summed E-state index contributed by atoms with van der Waals surface area (Å²) >= 11 is 0. The van der Waals surface area contributed by atoms with Crippen molar-refractivity contribution < 1.29 is 17.0 Å². The van der Waals surface area contributed by atoms with Crippen LogP contribution in [0.15, 0.2) is 103 Å². The molecular weight excluding hydrogens is 375 g/mol. The van der Waals surface area contributed by atoms with Gasteiger partial charge in [-0.1, -0.05) is 61.2 Å². The summed E-state index contributed by atoms with van der Waals surface area (Å²) in [6, 6.07) is 31.1. The van der Waals surface area contributed by atoms with Gasteiger partial charge in [-0.25, -0.2) is 0 Å². The first-order valence-electron chi connectivity index (χ1n) is 7.57. The fourth-order valence-corrected chi connectivity index (χ4v) is 5.19. The van der Waals surface area contributed by atoms with E-state index in [9.17, 15) is 0 Å². The van der Waals surface area contributed by atoms with Gasteiger partial charge in [-0.15, -0.1) is 0 Å². The molecule has 0 aliphatic rings. The summed E-state index contributed by atoms with van der Waals surface area (Å²) in [6.07, 6.45) is 0. The van der Waals surface area contributed by atoms with Gasteiger partial charge >= 0.3 is 0 Å². The first-order chi connectivity index (χ1) is 11.3. The highest BCUT2D eigenvalue weighted by molar-refractivity contribution is 7.96. The Kier molecular flexibility index (Phi) is 6.56. The second-order valence-electron chi connectivity index (χ2n) is 5.18. The zero-order valence-electron chi connectivity index (χ0n) is 13.3. The molecule has 0 aromatic heterocycles. The highest BCUT2D eigenvalue weighted by atomic mass is 79.9. The van der Waals surface area contributed by atoms with Crippen LogP contribution in [0.4, 0.5) is 0 Å². The largest absolute Gasteiger partial charge is 1.00 e. The molecule has 0 heterocycles. The average molecular weight is 393 g/mol. The number of rotatable bonds is 3. The Morgan fingerprint density at radius 2 is 1.08 bits per heavy atom. The quantitative estimate of drug-likeness (QED) is 0.471. The Morgan fingerprint density at radius 3 is 1.50 bits per heavy atom. The summed E-state index contributed by atoms with van der Waals surface area (Å²) in [5.74, 6) is 5.41. The Morgan fingerprint density at radius 1 is 0.667 bits per heavy atom. The van der Waals surface area contributed by atoms with Gasteiger partial charge in [-0.05, 0) is 42.3 Å². The summed E-state index contributed by atoms with van der Waals surface area (Å²) in [6.45, 7) is 4.15. The van der Waals surface area contributed by atoms with E-state index in [-0.39, 0.29) is 17.0 Å². The molecule has 3 aromatic rings. The maximum absolute atomic E-state index is 4.15. The van der Waals surface area contributed by atoms with Crippen molar-refractivity contribution in [3.63, 3.8) is 0 Å². The van der Waals surface area contributed by atoms with Crippen LogP contribution in [0.1, 0.15) is 5.56 Å². The van der Waals surface area contributed by atoms with E-state index in [1.165, 1.54) is 10.6 Å². The zero-order valence-corrected chi connectivity index (χ0v) is 15.8. The van der Waals surface area contributed by atoms with Crippen LogP contribution in [-0.4, -0.2) is 0 Å². The Labute approximate surface area is 155 Å². The van der Waals surface area contributed by atoms with E-state index in [4.69, 9.17) is 0 Å². The third-order valence-electron chi connectivity index (χ3n) is 3.75. The third kappa shape index (κ3) is 3.85. The molecule has 0 saturated heterocycles. The first kappa shape index (κ1) is 18.2. The van der Waals surface area contributed by atoms with Crippen LogP contribution in [0.3, 0.4) is 0 Å². The molecular formula is C22H18BrP. The van der Waals surface area contributed by atoms with E-state index in [1.54, 1.807) is 0 Å². The lowest BCUT2D eigenvalue weighted by atomic mass is 10.2. The lowest BCUT2D eigenvalue weighted by molar-refractivity contribution is -0.00000441. The summed E-state index contributed by atoms with van der Waals surface area (Å²) in [5, 5.41) is 2.48. The minimum absolute atomic E-state index is 0. The highest BCUT2D eigenvalue weighted by Crippen LogP contribution is 2.56. The van der Waals surface area contributed by atoms with Crippen molar-refractivity contribution in [1.29, 1.82) is 0 Å². The van der Waals surface area contributed by atoms with Gasteiger partial charge in [0.15, 0.2) is 7.26 Å². The van der Waals surface area contributed by atoms with Crippen molar-refractivity contribution in [2.24, 2.45) is 0 Å². The molecule has 118 valence electrons. The molecule has 0 aliphatic carbocycles. The van der Waals surface area contributed by atoms with Crippen molar-refractivity contribution in [1.82, 2.24) is 0 Å². The van der Waals surface area contributed by atoms with Crippen LogP contribution >= 0.6 is 7.26 Å². The van der Waals surface area contributed by atoms with Gasteiger partial charge in [-0.3, -0.25) is 0 Å². The van der Waals surface area contributed by atoms with Gasteiger partial charge in [0.1, 0.15) is 10.6 Å². The van der Waals surface area contributed by atoms with Crippen molar-refractivity contribution in [3.05, 3.63) is 109 Å². The second-order valence-corrected chi connectivity index (χ2v) is 8.25. The van der Waals surface area contributed by atoms with Crippen LogP contribution in [0.25, 0.3) is 0 Å². The molecule has 3 rings (SSSR count). The summed E-state index contributed by atoms with van der Waals surface area (Å²) in [5.41, 5.74) is 4.61. The molecule has 2 heteroatoms. The smallest absolute Gasteiger partial charge is 0.181 e. The molecule has 0 unspecified atom stereocenters. The molecule has 0 amide bonds. The van der Waals surface area contributed by atoms with Gasteiger partial charge < -0.3 is 17.0 Å². The monoisotopic (exact) mass is 392 g/mol. The zero-order chi connectivity index (χ0) is 16.0. The van der Waals surface area contributed by atoms with Crippen LogP contribution in [-0.2, 0) is 0 Å². The minimum Gasteiger partial charge on any atom is -1.00 e. The summed E-state index contributed by atoms with van der Waals surface area (Å²) < 4.78 is 0. The van der Waals surface area contributed by atoms with Gasteiger partial charge in [0.25, 0.3) is 0 Å². The van der Waals surface area contributed by atoms with Gasteiger partial charge in [0.05, 0.1) is 11.5 Å². The molecule has 0 fully saturated rings. The van der Waals surface area contributed by atoms with E-state index >= 15 is 0 Å². The van der Waals surface area contributed by atoms with Crippen molar-refractivity contribution in [2.75, 3.05) is 0 Å². The molecule has 0 aliphatic heterocycles. The molecule has 3 aromatic carbocycles. The maximum Gasteiger partial charge on any atom is 0.181 e. The highest BCUT2D eigenvalue weighted by Gasteiger charge is 2.39. The SMILES string of the molecule is C=C[P+](C#Cc1ccccc1)(c1ccccc1)c1ccccc1.[Br-]. The fourth-order valence-electron chi connectivity index (χ4n) is 2.54. The number of halogens is 1. The van der Waals surface area contributed by atoms with E-state index in [2.05, 4.69) is 66.7 Å². The molecule has 0 saturated carbocycles. The van der Waals surface area contributed by atoms with E-state index in [0.717, 1.165) is 5.56 Å². The van der Waals surface area contributed by atoms with Crippen LogP contribution in [0.2, 0.25) is 0 Å². The predicted molar refractivity (Wildman–Crippen MR) is 103 cm³/mol. The summed E-state index contributed by atoms with van der Waals surface area (Å²) in [7, 11) is -1.94. The Bertz CT molecular complexity index is 791. The van der Waals surface area contributed by atoms with Crippen molar-refractivity contribution >= 4 is 17.9 Å². The van der Waals surface area contributed by atoms with Crippen LogP contribution in [0.5, 0.6) is 0 Å². The van der Waals surface area contributed by atoms with E-state index in [0.29, 0.717) is 0 Å². The number of hydrogen-bond donors (Lipinski definition) is 0. The summed E-state index contributed by atoms with van der Waals surface area (Å²) in [4.78, 5) is 0. The van der Waals surface area contributed by atoms with Gasteiger partial charge in [-0.2, -0.15) is 0 Å². The topological polar surface area (TPSA) is 0 Å². The third-order valence-corrected chi connectivity index (χ3v) is 6.99. The lowest BCUT2D eigenvalue weighted by Crippen LogP contribution is -3.00. The van der Waals surface area contributed by atoms with Crippen molar-refractivity contribution in [2.45, 2.75) is 0 Å². The Balaban J connectivity index is 0.00000208. The van der Waals surface area contributed by atoms with Crippen LogP contribution < -0.4 is 27.6 Å². The van der Waals surface area contributed by atoms with Gasteiger partial charge in [0, 0.05) is 5.56 Å². The first-order valence-corrected chi connectivity index (χ1v) is 9.43. The second kappa shape index (κ2) is 8.65. The molecule has 0 bridgehead atoms. The molecule has 0 radical (unpaired) electrons. The predicted octanol–water partition coefficient (Wildman–Crippen LogP) is 1.81. The number of hydrogen-bond acceptors (Lipinski definition) is 0. The molecule has 24 heavy (non-hydrogen) atoms. The fraction of sp³-hybridized carbons (Fsp3) is 0. The number of benzene rings is 3. The van der Waals surface area contributed by atoms with E-state index < -0.39 is 7.26 Å². The Hall–Kier alpha value is -2.13. The van der Waals surface area contributed by atoms with E-state index in [1.807, 2.05) is 48.3 Å². The maximum atomic E-state index is 4.15. The molecule has 0 spiro atoms. The molecule has 0 nitrogen and oxygen atoms in total. The van der Waals surface area contributed by atoms with Crippen LogP contribution in [0, 0.1) is 11.6 Å². The lowest BCUT2D eigenvalue weighted by Gasteiger charge is -2.16. The molecule has 0 atom stereocenters. The van der Waals surface area contributed by atoms with Gasteiger partial charge in [0.2, 0.25) is 0 Å². The minimum atomic E-state index is -1.94. The normalized spacial score (nSPS) is 10.0.